The van der Waals surface area contributed by atoms with Gasteiger partial charge in [-0.05, 0) is 38.0 Å². The van der Waals surface area contributed by atoms with Crippen LogP contribution < -0.4 is 10.3 Å². The van der Waals surface area contributed by atoms with Gasteiger partial charge >= 0.3 is 5.56 Å². The second kappa shape index (κ2) is 9.30. The van der Waals surface area contributed by atoms with Crippen LogP contribution in [0.5, 0.6) is 11.5 Å². The summed E-state index contributed by atoms with van der Waals surface area (Å²) in [5.74, 6) is -0.0188. The van der Waals surface area contributed by atoms with Crippen molar-refractivity contribution in [1.82, 2.24) is 4.57 Å². The van der Waals surface area contributed by atoms with Crippen LogP contribution in [0.15, 0.2) is 29.1 Å². The third kappa shape index (κ3) is 4.65. The van der Waals surface area contributed by atoms with E-state index >= 15 is 0 Å². The minimum absolute atomic E-state index is 0.0445. The van der Waals surface area contributed by atoms with Gasteiger partial charge in [-0.1, -0.05) is 51.2 Å². The Morgan fingerprint density at radius 1 is 1.16 bits per heavy atom. The number of unbranched alkanes of at least 4 members (excludes halogenated alkanes) is 5. The van der Waals surface area contributed by atoms with E-state index in [1.54, 1.807) is 16.8 Å². The third-order valence-electron chi connectivity index (χ3n) is 4.34. The van der Waals surface area contributed by atoms with Crippen LogP contribution in [0.25, 0.3) is 17.1 Å². The molecule has 0 aliphatic carbocycles. The zero-order chi connectivity index (χ0) is 18.2. The van der Waals surface area contributed by atoms with E-state index in [1.165, 1.54) is 25.7 Å². The van der Waals surface area contributed by atoms with Crippen molar-refractivity contribution in [3.8, 4) is 11.5 Å². The number of aromatic hydroxyl groups is 1. The third-order valence-corrected chi connectivity index (χ3v) is 4.34. The minimum atomic E-state index is -0.320. The molecule has 1 aromatic heterocycles. The van der Waals surface area contributed by atoms with Crippen molar-refractivity contribution in [2.45, 2.75) is 59.3 Å². The van der Waals surface area contributed by atoms with E-state index in [9.17, 15) is 9.90 Å². The van der Waals surface area contributed by atoms with Gasteiger partial charge in [0.05, 0.1) is 12.1 Å². The number of hydrogen-bond acceptors (Lipinski definition) is 3. The van der Waals surface area contributed by atoms with Crippen LogP contribution in [0.1, 0.15) is 57.9 Å². The molecule has 0 saturated carbocycles. The molecule has 2 rings (SSSR count). The second-order valence-corrected chi connectivity index (χ2v) is 6.47. The zero-order valence-corrected chi connectivity index (χ0v) is 15.5. The molecule has 1 aromatic carbocycles. The van der Waals surface area contributed by atoms with Crippen molar-refractivity contribution in [1.29, 1.82) is 0 Å². The first-order chi connectivity index (χ1) is 12.1. The van der Waals surface area contributed by atoms with Gasteiger partial charge in [0.2, 0.25) is 5.75 Å². The molecule has 0 bridgehead atoms. The maximum atomic E-state index is 12.7. The maximum Gasteiger partial charge on any atom is 0.301 e. The molecular formula is C21H29NO3. The molecular weight excluding hydrogens is 314 g/mol. The van der Waals surface area contributed by atoms with Crippen molar-refractivity contribution >= 4 is 17.1 Å². The van der Waals surface area contributed by atoms with Gasteiger partial charge in [-0.25, -0.2) is 0 Å². The summed E-state index contributed by atoms with van der Waals surface area (Å²) in [5.41, 5.74) is 1.40. The summed E-state index contributed by atoms with van der Waals surface area (Å²) in [4.78, 5) is 12.7. The Labute approximate surface area is 149 Å². The number of nitrogens with zero attached hydrogens (tertiary/aromatic N) is 1. The molecule has 0 aliphatic rings. The first kappa shape index (κ1) is 19.1. The van der Waals surface area contributed by atoms with Crippen LogP contribution in [-0.2, 0) is 0 Å². The normalized spacial score (nSPS) is 11.5. The van der Waals surface area contributed by atoms with E-state index in [2.05, 4.69) is 6.92 Å². The van der Waals surface area contributed by atoms with E-state index in [4.69, 9.17) is 4.74 Å². The van der Waals surface area contributed by atoms with Crippen molar-refractivity contribution in [2.24, 2.45) is 0 Å². The highest BCUT2D eigenvalue weighted by Crippen LogP contribution is 2.32. The van der Waals surface area contributed by atoms with Gasteiger partial charge in [0.25, 0.3) is 0 Å². The molecule has 25 heavy (non-hydrogen) atoms. The second-order valence-electron chi connectivity index (χ2n) is 6.47. The predicted molar refractivity (Wildman–Crippen MR) is 104 cm³/mol. The Bertz CT molecular complexity index is 790. The number of pyridine rings is 1. The van der Waals surface area contributed by atoms with E-state index in [-0.39, 0.29) is 17.1 Å². The van der Waals surface area contributed by atoms with Crippen molar-refractivity contribution in [3.63, 3.8) is 0 Å². The molecule has 0 saturated heterocycles. The molecule has 1 heterocycles. The molecule has 4 nitrogen and oxygen atoms in total. The molecule has 0 aliphatic heterocycles. The van der Waals surface area contributed by atoms with E-state index in [0.29, 0.717) is 17.5 Å². The summed E-state index contributed by atoms with van der Waals surface area (Å²) in [5, 5.41) is 11.2. The zero-order valence-electron chi connectivity index (χ0n) is 15.5. The van der Waals surface area contributed by atoms with Crippen molar-refractivity contribution in [3.05, 3.63) is 40.2 Å². The standard InChI is InChI=1S/C21H29NO3/c1-4-6-7-8-9-10-14-25-20-19(23)17-12-11-16(3)15-18(17)22(13-5-2)21(20)24/h5,11-13,15,23H,4,6-10,14H2,1-3H3/b13-5-. The molecule has 0 unspecified atom stereocenters. The quantitative estimate of drug-likeness (QED) is 0.633. The number of ether oxygens (including phenoxy) is 1. The Morgan fingerprint density at radius 2 is 1.88 bits per heavy atom. The molecule has 0 radical (unpaired) electrons. The van der Waals surface area contributed by atoms with Gasteiger partial charge in [-0.2, -0.15) is 0 Å². The van der Waals surface area contributed by atoms with E-state index in [1.807, 2.05) is 32.0 Å². The average molecular weight is 343 g/mol. The Kier molecular flexibility index (Phi) is 7.11. The number of aryl methyl sites for hydroxylation is 1. The molecule has 2 aromatic rings. The molecule has 0 fully saturated rings. The lowest BCUT2D eigenvalue weighted by Gasteiger charge is -2.13. The maximum absolute atomic E-state index is 12.7. The van der Waals surface area contributed by atoms with Gasteiger partial charge in [0.1, 0.15) is 0 Å². The predicted octanol–water partition coefficient (Wildman–Crippen LogP) is 5.25. The van der Waals surface area contributed by atoms with Crippen molar-refractivity contribution < 1.29 is 9.84 Å². The van der Waals surface area contributed by atoms with Gasteiger partial charge in [0, 0.05) is 11.6 Å². The number of hydrogen-bond donors (Lipinski definition) is 1. The molecule has 0 amide bonds. The molecule has 136 valence electrons. The summed E-state index contributed by atoms with van der Waals surface area (Å²) in [6.07, 6.45) is 10.4. The van der Waals surface area contributed by atoms with E-state index in [0.717, 1.165) is 18.4 Å². The van der Waals surface area contributed by atoms with Crippen LogP contribution in [0.4, 0.5) is 0 Å². The minimum Gasteiger partial charge on any atom is -0.504 e. The van der Waals surface area contributed by atoms with Crippen LogP contribution in [-0.4, -0.2) is 16.3 Å². The van der Waals surface area contributed by atoms with Crippen LogP contribution >= 0.6 is 0 Å². The fourth-order valence-electron chi connectivity index (χ4n) is 2.97. The fraction of sp³-hybridized carbons (Fsp3) is 0.476. The van der Waals surface area contributed by atoms with Gasteiger partial charge in [-0.15, -0.1) is 0 Å². The first-order valence-electron chi connectivity index (χ1n) is 9.23. The number of allylic oxidation sites excluding steroid dienone is 1. The van der Waals surface area contributed by atoms with Crippen LogP contribution in [0.2, 0.25) is 0 Å². The molecule has 0 atom stereocenters. The highest BCUT2D eigenvalue weighted by Gasteiger charge is 2.16. The molecule has 4 heteroatoms. The van der Waals surface area contributed by atoms with Gasteiger partial charge in [0.15, 0.2) is 5.75 Å². The van der Waals surface area contributed by atoms with Gasteiger partial charge in [-0.3, -0.25) is 9.36 Å². The summed E-state index contributed by atoms with van der Waals surface area (Å²) in [6, 6.07) is 5.65. The van der Waals surface area contributed by atoms with Crippen LogP contribution in [0, 0.1) is 6.92 Å². The lowest BCUT2D eigenvalue weighted by molar-refractivity contribution is 0.285. The van der Waals surface area contributed by atoms with Crippen LogP contribution in [0.3, 0.4) is 0 Å². The largest absolute Gasteiger partial charge is 0.504 e. The lowest BCUT2D eigenvalue weighted by Crippen LogP contribution is -2.19. The van der Waals surface area contributed by atoms with E-state index < -0.39 is 0 Å². The first-order valence-corrected chi connectivity index (χ1v) is 9.23. The summed E-state index contributed by atoms with van der Waals surface area (Å²) < 4.78 is 7.22. The Balaban J connectivity index is 2.22. The number of fused-ring (bicyclic) bond motifs is 1. The van der Waals surface area contributed by atoms with Crippen molar-refractivity contribution in [2.75, 3.05) is 6.61 Å². The Hall–Kier alpha value is -2.23. The average Bonchev–Trinajstić information content (AvgIpc) is 2.60. The highest BCUT2D eigenvalue weighted by atomic mass is 16.5. The molecule has 1 N–H and O–H groups in total. The highest BCUT2D eigenvalue weighted by molar-refractivity contribution is 5.89. The summed E-state index contributed by atoms with van der Waals surface area (Å²) in [6.45, 7) is 6.46. The topological polar surface area (TPSA) is 51.5 Å². The Morgan fingerprint density at radius 3 is 2.60 bits per heavy atom. The van der Waals surface area contributed by atoms with Gasteiger partial charge < -0.3 is 9.84 Å². The smallest absolute Gasteiger partial charge is 0.301 e. The fourth-order valence-corrected chi connectivity index (χ4v) is 2.97. The number of aromatic nitrogens is 1. The lowest BCUT2D eigenvalue weighted by atomic mass is 10.1. The monoisotopic (exact) mass is 343 g/mol. The summed E-state index contributed by atoms with van der Waals surface area (Å²) in [7, 11) is 0. The number of rotatable bonds is 9. The summed E-state index contributed by atoms with van der Waals surface area (Å²) >= 11 is 0. The number of benzene rings is 1. The molecule has 0 spiro atoms. The SMILES string of the molecule is C/C=C\n1c(=O)c(OCCCCCCCC)c(O)c2ccc(C)cc21.